The third-order valence-electron chi connectivity index (χ3n) is 4.18. The first-order valence-electron chi connectivity index (χ1n) is 7.69. The largest absolute Gasteiger partial charge is 0.387 e. The first-order valence-corrected chi connectivity index (χ1v) is 7.69. The van der Waals surface area contributed by atoms with E-state index in [0.717, 1.165) is 31.7 Å². The number of hydrogen-bond donors (Lipinski definition) is 1. The molecule has 1 saturated heterocycles. The lowest BCUT2D eigenvalue weighted by Gasteiger charge is -2.37. The Hall–Kier alpha value is -1.91. The predicted molar refractivity (Wildman–Crippen MR) is 86.5 cm³/mol. The maximum absolute atomic E-state index is 13.8. The number of rotatable bonds is 4. The van der Waals surface area contributed by atoms with Gasteiger partial charge < -0.3 is 10.0 Å². The van der Waals surface area contributed by atoms with Gasteiger partial charge in [0, 0.05) is 32.7 Å². The van der Waals surface area contributed by atoms with Gasteiger partial charge in [0.2, 0.25) is 0 Å². The molecule has 3 nitrogen and oxygen atoms in total. The first kappa shape index (κ1) is 15.0. The Morgan fingerprint density at radius 2 is 1.55 bits per heavy atom. The molecule has 0 aliphatic carbocycles. The lowest BCUT2D eigenvalue weighted by molar-refractivity contribution is 0.109. The van der Waals surface area contributed by atoms with Crippen LogP contribution < -0.4 is 4.90 Å². The molecular formula is C18H21FN2O. The van der Waals surface area contributed by atoms with E-state index in [1.54, 1.807) is 6.07 Å². The summed E-state index contributed by atoms with van der Waals surface area (Å²) in [5.41, 5.74) is 1.62. The van der Waals surface area contributed by atoms with E-state index in [1.807, 2.05) is 42.5 Å². The fourth-order valence-electron chi connectivity index (χ4n) is 2.90. The average Bonchev–Trinajstić information content (AvgIpc) is 2.57. The SMILES string of the molecule is O[C@H](CN1CCN(c2ccccc2F)CC1)c1ccccc1. The summed E-state index contributed by atoms with van der Waals surface area (Å²) in [4.78, 5) is 4.30. The molecule has 1 aliphatic heterocycles. The number of piperazine rings is 1. The molecule has 2 aromatic carbocycles. The normalized spacial score (nSPS) is 17.5. The van der Waals surface area contributed by atoms with Gasteiger partial charge >= 0.3 is 0 Å². The molecule has 2 aromatic rings. The number of anilines is 1. The van der Waals surface area contributed by atoms with E-state index in [9.17, 15) is 9.50 Å². The smallest absolute Gasteiger partial charge is 0.146 e. The molecule has 116 valence electrons. The minimum absolute atomic E-state index is 0.166. The van der Waals surface area contributed by atoms with Gasteiger partial charge in [-0.1, -0.05) is 42.5 Å². The van der Waals surface area contributed by atoms with E-state index in [1.165, 1.54) is 6.07 Å². The third kappa shape index (κ3) is 3.46. The molecule has 0 unspecified atom stereocenters. The highest BCUT2D eigenvalue weighted by molar-refractivity contribution is 5.48. The van der Waals surface area contributed by atoms with E-state index in [0.29, 0.717) is 12.2 Å². The fraction of sp³-hybridized carbons (Fsp3) is 0.333. The fourth-order valence-corrected chi connectivity index (χ4v) is 2.90. The van der Waals surface area contributed by atoms with Crippen molar-refractivity contribution in [1.29, 1.82) is 0 Å². The van der Waals surface area contributed by atoms with Gasteiger partial charge in [0.05, 0.1) is 11.8 Å². The molecule has 0 bridgehead atoms. The third-order valence-corrected chi connectivity index (χ3v) is 4.18. The highest BCUT2D eigenvalue weighted by Gasteiger charge is 2.21. The van der Waals surface area contributed by atoms with Crippen molar-refractivity contribution in [2.75, 3.05) is 37.6 Å². The zero-order chi connectivity index (χ0) is 15.4. The van der Waals surface area contributed by atoms with Crippen molar-refractivity contribution in [2.24, 2.45) is 0 Å². The first-order chi connectivity index (χ1) is 10.7. The molecule has 0 amide bonds. The number of aliphatic hydroxyl groups excluding tert-OH is 1. The number of halogens is 1. The zero-order valence-corrected chi connectivity index (χ0v) is 12.5. The van der Waals surface area contributed by atoms with Crippen LogP contribution in [0.2, 0.25) is 0 Å². The quantitative estimate of drug-likeness (QED) is 0.940. The summed E-state index contributed by atoms with van der Waals surface area (Å²) in [5.74, 6) is -0.166. The molecule has 4 heteroatoms. The van der Waals surface area contributed by atoms with Gasteiger partial charge in [-0.25, -0.2) is 4.39 Å². The van der Waals surface area contributed by atoms with Crippen molar-refractivity contribution in [3.63, 3.8) is 0 Å². The molecule has 1 atom stereocenters. The number of β-amino-alcohol motifs (C(OH)–C–C–N with tert-alkyl or cyclic N) is 1. The van der Waals surface area contributed by atoms with Crippen LogP contribution in [0.25, 0.3) is 0 Å². The van der Waals surface area contributed by atoms with Gasteiger partial charge in [-0.3, -0.25) is 4.90 Å². The van der Waals surface area contributed by atoms with Crippen molar-refractivity contribution in [3.05, 3.63) is 66.0 Å². The topological polar surface area (TPSA) is 26.7 Å². The Morgan fingerprint density at radius 3 is 2.23 bits per heavy atom. The van der Waals surface area contributed by atoms with Gasteiger partial charge in [0.15, 0.2) is 0 Å². The Kier molecular flexibility index (Phi) is 4.71. The van der Waals surface area contributed by atoms with Crippen molar-refractivity contribution in [2.45, 2.75) is 6.10 Å². The minimum atomic E-state index is -0.471. The lowest BCUT2D eigenvalue weighted by atomic mass is 10.1. The van der Waals surface area contributed by atoms with Crippen LogP contribution in [-0.4, -0.2) is 42.7 Å². The number of benzene rings is 2. The van der Waals surface area contributed by atoms with Gasteiger partial charge in [0.25, 0.3) is 0 Å². The van der Waals surface area contributed by atoms with Crippen molar-refractivity contribution < 1.29 is 9.50 Å². The van der Waals surface area contributed by atoms with Gasteiger partial charge in [-0.2, -0.15) is 0 Å². The summed E-state index contributed by atoms with van der Waals surface area (Å²) in [7, 11) is 0. The summed E-state index contributed by atoms with van der Waals surface area (Å²) in [6.07, 6.45) is -0.471. The Balaban J connectivity index is 1.55. The molecule has 0 radical (unpaired) electrons. The van der Waals surface area contributed by atoms with E-state index in [-0.39, 0.29) is 5.82 Å². The Morgan fingerprint density at radius 1 is 0.909 bits per heavy atom. The van der Waals surface area contributed by atoms with Gasteiger partial charge in [0.1, 0.15) is 5.82 Å². The molecule has 0 saturated carbocycles. The second-order valence-electron chi connectivity index (χ2n) is 5.67. The van der Waals surface area contributed by atoms with Crippen LogP contribution in [0, 0.1) is 5.82 Å². The zero-order valence-electron chi connectivity index (χ0n) is 12.5. The molecule has 1 aliphatic rings. The average molecular weight is 300 g/mol. The monoisotopic (exact) mass is 300 g/mol. The maximum atomic E-state index is 13.8. The van der Waals surface area contributed by atoms with Crippen LogP contribution in [0.1, 0.15) is 11.7 Å². The van der Waals surface area contributed by atoms with E-state index < -0.39 is 6.10 Å². The summed E-state index contributed by atoms with van der Waals surface area (Å²) >= 11 is 0. The second kappa shape index (κ2) is 6.90. The van der Waals surface area contributed by atoms with E-state index in [2.05, 4.69) is 9.80 Å². The van der Waals surface area contributed by atoms with Crippen LogP contribution in [0.5, 0.6) is 0 Å². The van der Waals surface area contributed by atoms with Crippen molar-refractivity contribution >= 4 is 5.69 Å². The number of para-hydroxylation sites is 1. The van der Waals surface area contributed by atoms with Crippen molar-refractivity contribution in [3.8, 4) is 0 Å². The van der Waals surface area contributed by atoms with Crippen molar-refractivity contribution in [1.82, 2.24) is 4.90 Å². The summed E-state index contributed by atoms with van der Waals surface area (Å²) in [6.45, 7) is 3.84. The molecule has 1 N–H and O–H groups in total. The van der Waals surface area contributed by atoms with Crippen LogP contribution in [0.15, 0.2) is 54.6 Å². The Bertz CT molecular complexity index is 597. The molecular weight excluding hydrogens is 279 g/mol. The summed E-state index contributed by atoms with van der Waals surface area (Å²) < 4.78 is 13.8. The van der Waals surface area contributed by atoms with Gasteiger partial charge in [-0.15, -0.1) is 0 Å². The number of aliphatic hydroxyl groups is 1. The van der Waals surface area contributed by atoms with E-state index >= 15 is 0 Å². The highest BCUT2D eigenvalue weighted by atomic mass is 19.1. The van der Waals surface area contributed by atoms with Gasteiger partial charge in [-0.05, 0) is 17.7 Å². The molecule has 0 spiro atoms. The highest BCUT2D eigenvalue weighted by Crippen LogP contribution is 2.21. The second-order valence-corrected chi connectivity index (χ2v) is 5.67. The van der Waals surface area contributed by atoms with E-state index in [4.69, 9.17) is 0 Å². The molecule has 3 rings (SSSR count). The minimum Gasteiger partial charge on any atom is -0.387 e. The van der Waals surface area contributed by atoms with Crippen LogP contribution in [0.4, 0.5) is 10.1 Å². The summed E-state index contributed by atoms with van der Waals surface area (Å²) in [6, 6.07) is 16.6. The maximum Gasteiger partial charge on any atom is 0.146 e. The van der Waals surface area contributed by atoms with Crippen LogP contribution in [-0.2, 0) is 0 Å². The van der Waals surface area contributed by atoms with Crippen LogP contribution in [0.3, 0.4) is 0 Å². The molecule has 1 heterocycles. The lowest BCUT2D eigenvalue weighted by Crippen LogP contribution is -2.47. The molecule has 22 heavy (non-hydrogen) atoms. The Labute approximate surface area is 130 Å². The number of hydrogen-bond acceptors (Lipinski definition) is 3. The van der Waals surface area contributed by atoms with Crippen LogP contribution >= 0.6 is 0 Å². The molecule has 1 fully saturated rings. The molecule has 0 aromatic heterocycles. The standard InChI is InChI=1S/C18H21FN2O/c19-16-8-4-5-9-17(16)21-12-10-20(11-13-21)14-18(22)15-6-2-1-3-7-15/h1-9,18,22H,10-14H2/t18-/m1/s1. The predicted octanol–water partition coefficient (Wildman–Crippen LogP) is 2.68. The number of nitrogens with zero attached hydrogens (tertiary/aromatic N) is 2. The summed E-state index contributed by atoms with van der Waals surface area (Å²) in [5, 5.41) is 10.3.